The molecule has 2 aromatic heterocycles. The Labute approximate surface area is 190 Å². The number of amides is 1. The van der Waals surface area contributed by atoms with Gasteiger partial charge in [-0.05, 0) is 43.2 Å². The van der Waals surface area contributed by atoms with Gasteiger partial charge in [0, 0.05) is 6.07 Å². The Morgan fingerprint density at radius 2 is 2.06 bits per heavy atom. The fourth-order valence-electron chi connectivity index (χ4n) is 3.70. The van der Waals surface area contributed by atoms with Crippen LogP contribution in [0.3, 0.4) is 0 Å². The van der Waals surface area contributed by atoms with Crippen LogP contribution in [0.4, 0.5) is 5.82 Å². The summed E-state index contributed by atoms with van der Waals surface area (Å²) in [6.45, 7) is 4.28. The largest absolute Gasteiger partial charge is 0.503 e. The molecule has 3 aromatic rings. The second kappa shape index (κ2) is 9.23. The smallest absolute Gasteiger partial charge is 0.295 e. The normalized spacial score (nSPS) is 15.9. The number of furan rings is 1. The van der Waals surface area contributed by atoms with Gasteiger partial charge in [0.2, 0.25) is 5.78 Å². The number of aryl methyl sites for hydroxylation is 1. The first-order chi connectivity index (χ1) is 16.0. The van der Waals surface area contributed by atoms with Gasteiger partial charge in [0.25, 0.3) is 5.91 Å². The Morgan fingerprint density at radius 3 is 2.70 bits per heavy atom. The molecule has 4 rings (SSSR count). The molecule has 33 heavy (non-hydrogen) atoms. The van der Waals surface area contributed by atoms with E-state index in [0.717, 1.165) is 12.8 Å². The lowest BCUT2D eigenvalue weighted by Crippen LogP contribution is -2.31. The van der Waals surface area contributed by atoms with E-state index in [0.29, 0.717) is 29.4 Å². The second-order valence-electron chi connectivity index (χ2n) is 7.55. The molecule has 1 atom stereocenters. The molecule has 172 valence electrons. The molecule has 1 aliphatic heterocycles. The summed E-state index contributed by atoms with van der Waals surface area (Å²) in [5.74, 6) is -0.453. The number of ketones is 1. The zero-order chi connectivity index (χ0) is 23.5. The number of aliphatic hydroxyl groups excluding tert-OH is 1. The van der Waals surface area contributed by atoms with E-state index in [9.17, 15) is 14.7 Å². The minimum atomic E-state index is -0.988. The van der Waals surface area contributed by atoms with E-state index in [1.165, 1.54) is 24.3 Å². The first kappa shape index (κ1) is 22.2. The molecule has 1 aromatic carbocycles. The zero-order valence-corrected chi connectivity index (χ0v) is 18.5. The van der Waals surface area contributed by atoms with Crippen LogP contribution in [0.2, 0.25) is 0 Å². The number of aliphatic hydroxyl groups is 1. The summed E-state index contributed by atoms with van der Waals surface area (Å²) in [7, 11) is 1.51. The van der Waals surface area contributed by atoms with Crippen molar-refractivity contribution in [3.05, 3.63) is 71.1 Å². The van der Waals surface area contributed by atoms with Crippen LogP contribution in [0, 0.1) is 6.92 Å². The number of nitrogens with zero attached hydrogens (tertiary/aromatic N) is 2. The Bertz CT molecular complexity index is 1190. The van der Waals surface area contributed by atoms with E-state index in [1.54, 1.807) is 37.3 Å². The highest BCUT2D eigenvalue weighted by Gasteiger charge is 2.46. The maximum Gasteiger partial charge on any atom is 0.295 e. The predicted octanol–water partition coefficient (Wildman–Crippen LogP) is 4.55. The molecule has 0 saturated heterocycles. The first-order valence-electron chi connectivity index (χ1n) is 10.5. The molecule has 0 saturated carbocycles. The van der Waals surface area contributed by atoms with Crippen molar-refractivity contribution in [1.29, 1.82) is 0 Å². The van der Waals surface area contributed by atoms with Crippen LogP contribution in [-0.4, -0.2) is 35.7 Å². The summed E-state index contributed by atoms with van der Waals surface area (Å²) >= 11 is 0. The van der Waals surface area contributed by atoms with Gasteiger partial charge in [-0.3, -0.25) is 14.5 Å². The SMILES string of the molecule is CCCCOc1ccc([C@@H]2C(C(=O)c3ccco3)=C(O)C(=O)N2c2cc(C)on2)cc1OC. The van der Waals surface area contributed by atoms with E-state index in [1.807, 2.05) is 0 Å². The molecular formula is C24H24N2O7. The highest BCUT2D eigenvalue weighted by atomic mass is 16.5. The van der Waals surface area contributed by atoms with Gasteiger partial charge in [-0.1, -0.05) is 24.6 Å². The van der Waals surface area contributed by atoms with Crippen LogP contribution < -0.4 is 14.4 Å². The van der Waals surface area contributed by atoms with E-state index in [-0.39, 0.29) is 17.2 Å². The summed E-state index contributed by atoms with van der Waals surface area (Å²) in [4.78, 5) is 27.5. The summed E-state index contributed by atoms with van der Waals surface area (Å²) in [5, 5.41) is 14.7. The lowest BCUT2D eigenvalue weighted by atomic mass is 9.94. The van der Waals surface area contributed by atoms with Crippen molar-refractivity contribution in [3.8, 4) is 11.5 Å². The maximum absolute atomic E-state index is 13.2. The third-order valence-corrected chi connectivity index (χ3v) is 5.32. The second-order valence-corrected chi connectivity index (χ2v) is 7.55. The minimum Gasteiger partial charge on any atom is -0.503 e. The number of hydrogen-bond acceptors (Lipinski definition) is 8. The van der Waals surface area contributed by atoms with Crippen LogP contribution in [0.1, 0.15) is 47.7 Å². The van der Waals surface area contributed by atoms with E-state index >= 15 is 0 Å². The molecule has 9 nitrogen and oxygen atoms in total. The number of benzene rings is 1. The average molecular weight is 452 g/mol. The van der Waals surface area contributed by atoms with E-state index in [2.05, 4.69) is 12.1 Å². The Morgan fingerprint density at radius 1 is 1.24 bits per heavy atom. The topological polar surface area (TPSA) is 115 Å². The van der Waals surface area contributed by atoms with Crippen molar-refractivity contribution >= 4 is 17.5 Å². The molecule has 1 amide bonds. The van der Waals surface area contributed by atoms with E-state index < -0.39 is 23.5 Å². The Balaban J connectivity index is 1.81. The minimum absolute atomic E-state index is 0.000910. The molecule has 0 aliphatic carbocycles. The van der Waals surface area contributed by atoms with Crippen molar-refractivity contribution in [1.82, 2.24) is 5.16 Å². The van der Waals surface area contributed by atoms with Crippen LogP contribution in [0.15, 0.2) is 62.9 Å². The molecule has 0 bridgehead atoms. The number of hydrogen-bond donors (Lipinski definition) is 1. The quantitative estimate of drug-likeness (QED) is 0.371. The number of carbonyl (C=O) groups is 2. The van der Waals surface area contributed by atoms with E-state index in [4.69, 9.17) is 18.4 Å². The standard InChI is InChI=1S/C24H24N2O7/c1-4-5-10-31-16-9-8-15(13-18(16)30-3)21-20(22(27)17-7-6-11-32-17)23(28)24(29)26(21)19-12-14(2)33-25-19/h6-9,11-13,21,28H,4-5,10H2,1-3H3/t21-/m1/s1. The lowest BCUT2D eigenvalue weighted by Gasteiger charge is -2.25. The van der Waals surface area contributed by atoms with Crippen molar-refractivity contribution in [2.75, 3.05) is 18.6 Å². The molecule has 3 heterocycles. The lowest BCUT2D eigenvalue weighted by molar-refractivity contribution is -0.117. The average Bonchev–Trinajstić information content (AvgIpc) is 3.55. The molecule has 1 N–H and O–H groups in total. The van der Waals surface area contributed by atoms with Gasteiger partial charge in [0.1, 0.15) is 5.76 Å². The summed E-state index contributed by atoms with van der Waals surface area (Å²) < 4.78 is 21.7. The van der Waals surface area contributed by atoms with Crippen LogP contribution >= 0.6 is 0 Å². The van der Waals surface area contributed by atoms with Gasteiger partial charge in [-0.25, -0.2) is 0 Å². The van der Waals surface area contributed by atoms with Crippen molar-refractivity contribution < 1.29 is 33.1 Å². The molecule has 1 aliphatic rings. The fraction of sp³-hybridized carbons (Fsp3) is 0.292. The summed E-state index contributed by atoms with van der Waals surface area (Å²) in [5.41, 5.74) is 0.389. The number of rotatable bonds is 9. The molecular weight excluding hydrogens is 428 g/mol. The fourth-order valence-corrected chi connectivity index (χ4v) is 3.70. The predicted molar refractivity (Wildman–Crippen MR) is 118 cm³/mol. The van der Waals surface area contributed by atoms with Crippen LogP contribution in [0.5, 0.6) is 11.5 Å². The Kier molecular flexibility index (Phi) is 6.21. The maximum atomic E-state index is 13.2. The third kappa shape index (κ3) is 4.09. The van der Waals surface area contributed by atoms with Crippen molar-refractivity contribution in [2.24, 2.45) is 0 Å². The third-order valence-electron chi connectivity index (χ3n) is 5.32. The van der Waals surface area contributed by atoms with Gasteiger partial charge >= 0.3 is 0 Å². The molecule has 0 spiro atoms. The van der Waals surface area contributed by atoms with Crippen LogP contribution in [0.25, 0.3) is 0 Å². The number of carbonyl (C=O) groups excluding carboxylic acids is 2. The van der Waals surface area contributed by atoms with Gasteiger partial charge < -0.3 is 23.5 Å². The number of methoxy groups -OCH3 is 1. The number of unbranched alkanes of at least 4 members (excludes halogenated alkanes) is 1. The highest BCUT2D eigenvalue weighted by Crippen LogP contribution is 2.43. The Hall–Kier alpha value is -4.01. The van der Waals surface area contributed by atoms with Gasteiger partial charge in [-0.2, -0.15) is 0 Å². The summed E-state index contributed by atoms with van der Waals surface area (Å²) in [6.07, 6.45) is 3.22. The number of aromatic nitrogens is 1. The molecule has 0 radical (unpaired) electrons. The molecule has 9 heteroatoms. The van der Waals surface area contributed by atoms with Crippen LogP contribution in [-0.2, 0) is 4.79 Å². The monoisotopic (exact) mass is 452 g/mol. The van der Waals surface area contributed by atoms with Gasteiger partial charge in [0.05, 0.1) is 31.6 Å². The van der Waals surface area contributed by atoms with Gasteiger partial charge in [-0.15, -0.1) is 0 Å². The summed E-state index contributed by atoms with van der Waals surface area (Å²) in [6, 6.07) is 8.70. The zero-order valence-electron chi connectivity index (χ0n) is 18.5. The number of anilines is 1. The van der Waals surface area contributed by atoms with Crippen molar-refractivity contribution in [3.63, 3.8) is 0 Å². The number of ether oxygens (including phenoxy) is 2. The van der Waals surface area contributed by atoms with Crippen molar-refractivity contribution in [2.45, 2.75) is 32.7 Å². The first-order valence-corrected chi connectivity index (χ1v) is 10.5. The highest BCUT2D eigenvalue weighted by molar-refractivity contribution is 6.19. The molecule has 0 fully saturated rings. The molecule has 0 unspecified atom stereocenters. The number of Topliss-reactive ketones (excluding diaryl/α,β-unsaturated/α-hetero) is 1. The van der Waals surface area contributed by atoms with Gasteiger partial charge in [0.15, 0.2) is 28.8 Å².